The van der Waals surface area contributed by atoms with E-state index in [2.05, 4.69) is 19.9 Å². The Kier molecular flexibility index (Phi) is 2.82. The highest BCUT2D eigenvalue weighted by molar-refractivity contribution is 5.00. The van der Waals surface area contributed by atoms with Crippen molar-refractivity contribution in [2.75, 3.05) is 0 Å². The van der Waals surface area contributed by atoms with E-state index in [1.165, 1.54) is 5.57 Å². The molecule has 1 radical (unpaired) electrons. The number of hydrogen-bond acceptors (Lipinski definition) is 0. The molecule has 0 fully saturated rings. The molecular formula is C6H11. The van der Waals surface area contributed by atoms with Gasteiger partial charge in [-0.05, 0) is 20.3 Å². The fourth-order valence-electron chi connectivity index (χ4n) is 0.333. The van der Waals surface area contributed by atoms with E-state index in [9.17, 15) is 0 Å². The molecule has 0 amide bonds. The van der Waals surface area contributed by atoms with Crippen molar-refractivity contribution in [3.8, 4) is 0 Å². The normalized spacial score (nSPS) is 7.83. The van der Waals surface area contributed by atoms with Crippen LogP contribution < -0.4 is 0 Å². The standard InChI is InChI=1S/C6H11/c1-4-5-6(2)3/h4-5H,1-3H3. The molecule has 0 heteroatoms. The molecule has 0 unspecified atom stereocenters. The van der Waals surface area contributed by atoms with Crippen molar-refractivity contribution in [2.45, 2.75) is 20.8 Å². The second kappa shape index (κ2) is 2.95. The highest BCUT2D eigenvalue weighted by atomic mass is 13.7. The van der Waals surface area contributed by atoms with E-state index in [0.717, 1.165) is 0 Å². The first kappa shape index (κ1) is 5.74. The van der Waals surface area contributed by atoms with Crippen LogP contribution in [0.3, 0.4) is 0 Å². The third kappa shape index (κ3) is 3.74. The van der Waals surface area contributed by atoms with Gasteiger partial charge in [0.2, 0.25) is 0 Å². The van der Waals surface area contributed by atoms with Crippen LogP contribution in [0.5, 0.6) is 0 Å². The lowest BCUT2D eigenvalue weighted by Crippen LogP contribution is -1.59. The van der Waals surface area contributed by atoms with Gasteiger partial charge in [0.05, 0.1) is 0 Å². The summed E-state index contributed by atoms with van der Waals surface area (Å²) in [6.07, 6.45) is 4.12. The summed E-state index contributed by atoms with van der Waals surface area (Å²) in [5.41, 5.74) is 1.36. The molecule has 0 heterocycles. The Labute approximate surface area is 39.9 Å². The van der Waals surface area contributed by atoms with E-state index in [1.807, 2.05) is 13.3 Å². The Morgan fingerprint density at radius 3 is 1.83 bits per heavy atom. The van der Waals surface area contributed by atoms with Crippen molar-refractivity contribution in [1.29, 1.82) is 0 Å². The summed E-state index contributed by atoms with van der Waals surface area (Å²) >= 11 is 0. The van der Waals surface area contributed by atoms with Gasteiger partial charge in [0.15, 0.2) is 0 Å². The van der Waals surface area contributed by atoms with Crippen molar-refractivity contribution in [3.63, 3.8) is 0 Å². The molecule has 0 saturated carbocycles. The molecule has 0 bridgehead atoms. The van der Waals surface area contributed by atoms with Gasteiger partial charge in [0.1, 0.15) is 0 Å². The Morgan fingerprint density at radius 2 is 1.83 bits per heavy atom. The number of allylic oxidation sites excluding steroid dienone is 2. The predicted molar refractivity (Wildman–Crippen MR) is 29.4 cm³/mol. The van der Waals surface area contributed by atoms with Gasteiger partial charge in [0.25, 0.3) is 0 Å². The van der Waals surface area contributed by atoms with Gasteiger partial charge in [-0.1, -0.05) is 18.6 Å². The van der Waals surface area contributed by atoms with Crippen LogP contribution in [0.1, 0.15) is 20.8 Å². The Balaban J connectivity index is 3.14. The summed E-state index contributed by atoms with van der Waals surface area (Å²) in [7, 11) is 0. The van der Waals surface area contributed by atoms with Gasteiger partial charge >= 0.3 is 0 Å². The second-order valence-electron chi connectivity index (χ2n) is 1.58. The maximum absolute atomic E-state index is 2.08. The van der Waals surface area contributed by atoms with Gasteiger partial charge in [-0.25, -0.2) is 0 Å². The second-order valence-corrected chi connectivity index (χ2v) is 1.58. The van der Waals surface area contributed by atoms with Gasteiger partial charge in [-0.3, -0.25) is 0 Å². The quantitative estimate of drug-likeness (QED) is 0.455. The molecule has 0 N–H and O–H groups in total. The zero-order chi connectivity index (χ0) is 4.99. The molecule has 0 nitrogen and oxygen atoms in total. The van der Waals surface area contributed by atoms with Crippen molar-refractivity contribution in [2.24, 2.45) is 0 Å². The summed E-state index contributed by atoms with van der Waals surface area (Å²) in [4.78, 5) is 0. The molecule has 35 valence electrons. The van der Waals surface area contributed by atoms with Crippen LogP contribution in [0.2, 0.25) is 0 Å². The number of hydrogen-bond donors (Lipinski definition) is 0. The molecule has 0 atom stereocenters. The van der Waals surface area contributed by atoms with Crippen molar-refractivity contribution >= 4 is 0 Å². The van der Waals surface area contributed by atoms with Crippen LogP contribution in [0.25, 0.3) is 0 Å². The first-order valence-corrected chi connectivity index (χ1v) is 2.20. The van der Waals surface area contributed by atoms with Crippen LogP contribution in [-0.2, 0) is 0 Å². The van der Waals surface area contributed by atoms with Gasteiger partial charge in [0, 0.05) is 0 Å². The molecular weight excluding hydrogens is 72.1 g/mol. The van der Waals surface area contributed by atoms with E-state index < -0.39 is 0 Å². The average molecular weight is 83.2 g/mol. The molecule has 0 aromatic heterocycles. The highest BCUT2D eigenvalue weighted by Crippen LogP contribution is 1.88. The fourth-order valence-corrected chi connectivity index (χ4v) is 0.333. The first-order valence-electron chi connectivity index (χ1n) is 2.20. The van der Waals surface area contributed by atoms with Gasteiger partial charge in [-0.2, -0.15) is 0 Å². The van der Waals surface area contributed by atoms with Gasteiger partial charge < -0.3 is 0 Å². The lowest BCUT2D eigenvalue weighted by Gasteiger charge is -1.79. The molecule has 0 rings (SSSR count). The van der Waals surface area contributed by atoms with Crippen LogP contribution in [0, 0.1) is 6.42 Å². The molecule has 6 heavy (non-hydrogen) atoms. The Hall–Kier alpha value is -0.260. The van der Waals surface area contributed by atoms with E-state index in [1.54, 1.807) is 0 Å². The number of rotatable bonds is 1. The van der Waals surface area contributed by atoms with Crippen LogP contribution >= 0.6 is 0 Å². The van der Waals surface area contributed by atoms with E-state index in [-0.39, 0.29) is 0 Å². The minimum atomic E-state index is 1.36. The largest absolute Gasteiger partial charge is 0.0825 e. The maximum Gasteiger partial charge on any atom is -0.0199 e. The van der Waals surface area contributed by atoms with E-state index in [0.29, 0.717) is 0 Å². The summed E-state index contributed by atoms with van der Waals surface area (Å²) in [6.45, 7) is 6.19. The highest BCUT2D eigenvalue weighted by Gasteiger charge is 1.67. The van der Waals surface area contributed by atoms with Gasteiger partial charge in [-0.15, -0.1) is 0 Å². The lowest BCUT2D eigenvalue weighted by atomic mass is 10.3. The Bertz CT molecular complexity index is 47.1. The van der Waals surface area contributed by atoms with Crippen molar-refractivity contribution in [1.82, 2.24) is 0 Å². The predicted octanol–water partition coefficient (Wildman–Crippen LogP) is 2.18. The zero-order valence-electron chi connectivity index (χ0n) is 4.65. The Morgan fingerprint density at radius 1 is 1.33 bits per heavy atom. The van der Waals surface area contributed by atoms with Crippen molar-refractivity contribution < 1.29 is 0 Å². The van der Waals surface area contributed by atoms with Crippen molar-refractivity contribution in [3.05, 3.63) is 18.1 Å². The maximum atomic E-state index is 2.08. The van der Waals surface area contributed by atoms with Crippen LogP contribution in [0.4, 0.5) is 0 Å². The van der Waals surface area contributed by atoms with Crippen LogP contribution in [-0.4, -0.2) is 0 Å². The summed E-state index contributed by atoms with van der Waals surface area (Å²) in [6, 6.07) is 0. The summed E-state index contributed by atoms with van der Waals surface area (Å²) < 4.78 is 0. The smallest absolute Gasteiger partial charge is 0.0199 e. The summed E-state index contributed by atoms with van der Waals surface area (Å²) in [5, 5.41) is 0. The molecule has 0 aliphatic rings. The monoisotopic (exact) mass is 83.1 g/mol. The summed E-state index contributed by atoms with van der Waals surface area (Å²) in [5.74, 6) is 0. The minimum absolute atomic E-state index is 1.36. The van der Waals surface area contributed by atoms with E-state index in [4.69, 9.17) is 0 Å². The van der Waals surface area contributed by atoms with Crippen LogP contribution in [0.15, 0.2) is 11.6 Å². The average Bonchev–Trinajstić information content (AvgIpc) is 1.35. The first-order chi connectivity index (χ1) is 2.77. The minimum Gasteiger partial charge on any atom is -0.0825 e. The van der Waals surface area contributed by atoms with E-state index >= 15 is 0 Å². The zero-order valence-corrected chi connectivity index (χ0v) is 4.65. The molecule has 0 aromatic carbocycles. The molecule has 0 spiro atoms. The molecule has 0 aliphatic heterocycles. The SMILES string of the molecule is C[CH]C=C(C)C. The molecule has 0 saturated heterocycles. The topological polar surface area (TPSA) is 0 Å². The third-order valence-corrected chi connectivity index (χ3v) is 0.500. The molecule has 0 aliphatic carbocycles. The third-order valence-electron chi connectivity index (χ3n) is 0.500. The lowest BCUT2D eigenvalue weighted by molar-refractivity contribution is 1.35. The fraction of sp³-hybridized carbons (Fsp3) is 0.500. The molecule has 0 aromatic rings.